The Morgan fingerprint density at radius 1 is 1.23 bits per heavy atom. The van der Waals surface area contributed by atoms with E-state index in [0.29, 0.717) is 16.4 Å². The predicted octanol–water partition coefficient (Wildman–Crippen LogP) is 3.18. The third-order valence-corrected chi connectivity index (χ3v) is 4.36. The third-order valence-electron chi connectivity index (χ3n) is 3.56. The van der Waals surface area contributed by atoms with E-state index >= 15 is 0 Å². The highest BCUT2D eigenvalue weighted by Crippen LogP contribution is 2.20. The highest BCUT2D eigenvalue weighted by molar-refractivity contribution is 7.14. The summed E-state index contributed by atoms with van der Waals surface area (Å²) in [5.74, 6) is -0.945. The molecular weight excluding hydrogens is 425 g/mol. The third kappa shape index (κ3) is 6.30. The number of halogens is 3. The molecule has 0 atom stereocenters. The van der Waals surface area contributed by atoms with Gasteiger partial charge in [-0.15, -0.1) is 11.3 Å². The van der Waals surface area contributed by atoms with E-state index in [1.807, 2.05) is 0 Å². The summed E-state index contributed by atoms with van der Waals surface area (Å²) in [5, 5.41) is 7.05. The van der Waals surface area contributed by atoms with Crippen LogP contribution in [0.5, 0.6) is 5.88 Å². The summed E-state index contributed by atoms with van der Waals surface area (Å²) < 4.78 is 46.6. The minimum Gasteiger partial charge on any atom is -0.468 e. The van der Waals surface area contributed by atoms with Crippen molar-refractivity contribution >= 4 is 28.3 Å². The lowest BCUT2D eigenvalue weighted by Gasteiger charge is -2.12. The van der Waals surface area contributed by atoms with Gasteiger partial charge in [0.1, 0.15) is 0 Å². The van der Waals surface area contributed by atoms with Gasteiger partial charge in [0.25, 0.3) is 5.91 Å². The lowest BCUT2D eigenvalue weighted by Crippen LogP contribution is -2.26. The van der Waals surface area contributed by atoms with Gasteiger partial charge in [-0.3, -0.25) is 14.9 Å². The van der Waals surface area contributed by atoms with Crippen molar-refractivity contribution in [2.24, 2.45) is 0 Å². The number of hydrogen-bond acceptors (Lipinski definition) is 7. The van der Waals surface area contributed by atoms with Crippen LogP contribution < -0.4 is 15.4 Å². The fourth-order valence-electron chi connectivity index (χ4n) is 2.27. The number of thiazole rings is 1. The van der Waals surface area contributed by atoms with Gasteiger partial charge >= 0.3 is 6.18 Å². The number of nitrogens with zero attached hydrogens (tertiary/aromatic N) is 2. The number of hydrogen-bond donors (Lipinski definition) is 2. The molecule has 2 N–H and O–H groups in total. The lowest BCUT2D eigenvalue weighted by atomic mass is 10.2. The molecule has 0 bridgehead atoms. The number of carbonyl (C=O) groups excluding carboxylic acids is 2. The van der Waals surface area contributed by atoms with Gasteiger partial charge in [-0.2, -0.15) is 13.2 Å². The van der Waals surface area contributed by atoms with Crippen molar-refractivity contribution in [2.45, 2.75) is 19.1 Å². The standard InChI is InChI=1S/C18H15F3N4O4S/c19-18(20,21)10-29-16-11(3-1-5-22-16)8-23-14(26)7-12-9-30-17(24-12)25-15(27)13-4-2-6-28-13/h1-6,9H,7-8,10H2,(H,23,26)(H,24,25,27). The minimum atomic E-state index is -4.49. The zero-order valence-corrected chi connectivity index (χ0v) is 16.0. The summed E-state index contributed by atoms with van der Waals surface area (Å²) in [6, 6.07) is 6.11. The Kier molecular flexibility index (Phi) is 6.67. The van der Waals surface area contributed by atoms with Crippen molar-refractivity contribution < 1.29 is 31.9 Å². The molecule has 0 unspecified atom stereocenters. The van der Waals surface area contributed by atoms with Crippen molar-refractivity contribution in [3.05, 3.63) is 59.1 Å². The van der Waals surface area contributed by atoms with Gasteiger partial charge in [0.15, 0.2) is 17.5 Å². The number of furan rings is 1. The summed E-state index contributed by atoms with van der Waals surface area (Å²) in [4.78, 5) is 32.0. The molecule has 0 aromatic carbocycles. The summed E-state index contributed by atoms with van der Waals surface area (Å²) >= 11 is 1.14. The largest absolute Gasteiger partial charge is 0.468 e. The molecule has 0 radical (unpaired) electrons. The number of alkyl halides is 3. The molecule has 0 aliphatic carbocycles. The maximum atomic E-state index is 12.3. The topological polar surface area (TPSA) is 106 Å². The Labute approximate surface area is 172 Å². The van der Waals surface area contributed by atoms with Crippen molar-refractivity contribution in [3.8, 4) is 5.88 Å². The van der Waals surface area contributed by atoms with E-state index < -0.39 is 24.6 Å². The van der Waals surface area contributed by atoms with Crippen LogP contribution >= 0.6 is 11.3 Å². The van der Waals surface area contributed by atoms with Crippen molar-refractivity contribution in [1.82, 2.24) is 15.3 Å². The Hall–Kier alpha value is -3.41. The Morgan fingerprint density at radius 3 is 2.80 bits per heavy atom. The summed E-state index contributed by atoms with van der Waals surface area (Å²) in [5.41, 5.74) is 0.728. The molecule has 8 nitrogen and oxygen atoms in total. The van der Waals surface area contributed by atoms with Crippen molar-refractivity contribution in [1.29, 1.82) is 0 Å². The zero-order valence-electron chi connectivity index (χ0n) is 15.2. The molecule has 158 valence electrons. The van der Waals surface area contributed by atoms with E-state index in [4.69, 9.17) is 4.42 Å². The minimum absolute atomic E-state index is 0.0634. The average Bonchev–Trinajstić information content (AvgIpc) is 3.37. The number of anilines is 1. The smallest absolute Gasteiger partial charge is 0.422 e. The summed E-state index contributed by atoms with van der Waals surface area (Å²) in [7, 11) is 0. The first kappa shape index (κ1) is 21.3. The van der Waals surface area contributed by atoms with E-state index in [0.717, 1.165) is 11.3 Å². The second kappa shape index (κ2) is 9.39. The second-order valence-electron chi connectivity index (χ2n) is 5.90. The Balaban J connectivity index is 1.51. The van der Waals surface area contributed by atoms with Crippen molar-refractivity contribution in [3.63, 3.8) is 0 Å². The monoisotopic (exact) mass is 440 g/mol. The fraction of sp³-hybridized carbons (Fsp3) is 0.222. The molecular formula is C18H15F3N4O4S. The van der Waals surface area contributed by atoms with Crippen LogP contribution in [0.1, 0.15) is 21.8 Å². The van der Waals surface area contributed by atoms with E-state index in [2.05, 4.69) is 25.3 Å². The molecule has 3 aromatic rings. The maximum Gasteiger partial charge on any atom is 0.422 e. The zero-order chi connectivity index (χ0) is 21.6. The molecule has 0 saturated carbocycles. The number of rotatable bonds is 8. The molecule has 0 aliphatic rings. The van der Waals surface area contributed by atoms with Gasteiger partial charge in [-0.05, 0) is 18.2 Å². The Bertz CT molecular complexity index is 1010. The van der Waals surface area contributed by atoms with Crippen LogP contribution in [0, 0.1) is 0 Å². The highest BCUT2D eigenvalue weighted by Gasteiger charge is 2.29. The molecule has 0 saturated heterocycles. The van der Waals surface area contributed by atoms with Crippen LogP contribution in [-0.4, -0.2) is 34.6 Å². The predicted molar refractivity (Wildman–Crippen MR) is 100 cm³/mol. The lowest BCUT2D eigenvalue weighted by molar-refractivity contribution is -0.154. The first-order valence-electron chi connectivity index (χ1n) is 8.49. The normalized spacial score (nSPS) is 11.2. The van der Waals surface area contributed by atoms with E-state index in [9.17, 15) is 22.8 Å². The quantitative estimate of drug-likeness (QED) is 0.557. The van der Waals surface area contributed by atoms with Crippen LogP contribution in [0.25, 0.3) is 0 Å². The first-order valence-corrected chi connectivity index (χ1v) is 9.37. The van der Waals surface area contributed by atoms with Crippen LogP contribution in [0.2, 0.25) is 0 Å². The number of carbonyl (C=O) groups is 2. The van der Waals surface area contributed by atoms with E-state index in [1.165, 1.54) is 30.7 Å². The van der Waals surface area contributed by atoms with Gasteiger partial charge in [0.05, 0.1) is 18.4 Å². The summed E-state index contributed by atoms with van der Waals surface area (Å²) in [6.07, 6.45) is -1.90. The van der Waals surface area contributed by atoms with Gasteiger partial charge in [-0.25, -0.2) is 9.97 Å². The second-order valence-corrected chi connectivity index (χ2v) is 6.76. The van der Waals surface area contributed by atoms with E-state index in [1.54, 1.807) is 11.4 Å². The molecule has 3 aromatic heterocycles. The number of aromatic nitrogens is 2. The Morgan fingerprint density at radius 2 is 2.07 bits per heavy atom. The molecule has 0 aliphatic heterocycles. The number of amides is 2. The molecule has 30 heavy (non-hydrogen) atoms. The van der Waals surface area contributed by atoms with Crippen LogP contribution in [0.4, 0.5) is 18.3 Å². The SMILES string of the molecule is O=C(Cc1csc(NC(=O)c2ccco2)n1)NCc1cccnc1OCC(F)(F)F. The van der Waals surface area contributed by atoms with Crippen LogP contribution in [0.15, 0.2) is 46.5 Å². The van der Waals surface area contributed by atoms with Crippen LogP contribution in [0.3, 0.4) is 0 Å². The molecule has 3 rings (SSSR count). The van der Waals surface area contributed by atoms with Crippen molar-refractivity contribution in [2.75, 3.05) is 11.9 Å². The number of pyridine rings is 1. The first-order chi connectivity index (χ1) is 14.3. The van der Waals surface area contributed by atoms with Crippen LogP contribution in [-0.2, 0) is 17.8 Å². The van der Waals surface area contributed by atoms with Gasteiger partial charge < -0.3 is 14.5 Å². The average molecular weight is 440 g/mol. The molecule has 3 heterocycles. The number of ether oxygens (including phenoxy) is 1. The fourth-order valence-corrected chi connectivity index (χ4v) is 2.98. The molecule has 12 heteroatoms. The summed E-state index contributed by atoms with van der Waals surface area (Å²) in [6.45, 7) is -1.54. The highest BCUT2D eigenvalue weighted by atomic mass is 32.1. The molecule has 2 amide bonds. The van der Waals surface area contributed by atoms with Gasteiger partial charge in [-0.1, -0.05) is 6.07 Å². The molecule has 0 spiro atoms. The van der Waals surface area contributed by atoms with E-state index in [-0.39, 0.29) is 24.6 Å². The van der Waals surface area contributed by atoms with Gasteiger partial charge in [0, 0.05) is 23.7 Å². The maximum absolute atomic E-state index is 12.3. The van der Waals surface area contributed by atoms with Gasteiger partial charge in [0.2, 0.25) is 11.8 Å². The number of nitrogens with one attached hydrogen (secondary N) is 2. The molecule has 0 fully saturated rings.